The monoisotopic (exact) mass is 785 g/mol. The second kappa shape index (κ2) is 17.1. The van der Waals surface area contributed by atoms with E-state index in [4.69, 9.17) is 28.5 Å². The van der Waals surface area contributed by atoms with Gasteiger partial charge in [-0.25, -0.2) is 18.0 Å². The topological polar surface area (TPSA) is 193 Å². The standard InChI is InChI=1S/C38H47N3O13S/c1-6-15-38(32(42)8-7-9-35(45)54-41-33(43)12-13-34(41)44)23-37(24-40(37)38)16-17-39-36(46)53-31-19-25(10-11-28(31)50-3)22-55(47,48)18-14-27-29(51-4)20-26(49-2)21-30(27)52-5/h10-11,14,18-21H,6-9,12-13,15-17,22-24H2,1-5H3,(H,39,46)/b18-14+/t37?,38-,40?/m1/s1. The number of nitrogens with one attached hydrogen (secondary N) is 1. The van der Waals surface area contributed by atoms with Crippen LogP contribution >= 0.6 is 0 Å². The molecule has 0 spiro atoms. The van der Waals surface area contributed by atoms with Crippen LogP contribution in [0.1, 0.15) is 75.8 Å². The minimum absolute atomic E-state index is 0.00926. The van der Waals surface area contributed by atoms with E-state index in [1.165, 1.54) is 46.6 Å². The molecule has 3 aliphatic rings. The second-order valence-electron chi connectivity index (χ2n) is 13.7. The summed E-state index contributed by atoms with van der Waals surface area (Å²) in [5.74, 6) is -0.726. The van der Waals surface area contributed by atoms with Crippen molar-refractivity contribution in [1.82, 2.24) is 15.3 Å². The lowest BCUT2D eigenvalue weighted by molar-refractivity contribution is -0.197. The minimum atomic E-state index is -3.82. The van der Waals surface area contributed by atoms with Crippen LogP contribution in [-0.4, -0.2) is 101 Å². The summed E-state index contributed by atoms with van der Waals surface area (Å²) in [4.78, 5) is 68.9. The first kappa shape index (κ1) is 41.0. The molecule has 298 valence electrons. The molecule has 3 heterocycles. The summed E-state index contributed by atoms with van der Waals surface area (Å²) in [7, 11) is 1.98. The number of rotatable bonds is 20. The van der Waals surface area contributed by atoms with Crippen molar-refractivity contribution in [3.05, 3.63) is 46.9 Å². The molecule has 0 bridgehead atoms. The van der Waals surface area contributed by atoms with Crippen LogP contribution in [0.25, 0.3) is 6.08 Å². The number of amides is 3. The minimum Gasteiger partial charge on any atom is -0.496 e. The summed E-state index contributed by atoms with van der Waals surface area (Å²) in [5, 5.41) is 4.31. The molecule has 2 unspecified atom stereocenters. The Bertz CT molecular complexity index is 1920. The zero-order valence-electron chi connectivity index (χ0n) is 31.6. The van der Waals surface area contributed by atoms with Crippen LogP contribution in [0.4, 0.5) is 4.79 Å². The number of hydroxylamine groups is 2. The zero-order valence-corrected chi connectivity index (χ0v) is 32.5. The van der Waals surface area contributed by atoms with Crippen LogP contribution in [0.5, 0.6) is 28.7 Å². The first-order valence-corrected chi connectivity index (χ1v) is 19.7. The molecule has 3 atom stereocenters. The van der Waals surface area contributed by atoms with Crippen LogP contribution in [0.15, 0.2) is 35.7 Å². The Morgan fingerprint density at radius 1 is 0.873 bits per heavy atom. The van der Waals surface area contributed by atoms with Gasteiger partial charge in [-0.3, -0.25) is 19.3 Å². The van der Waals surface area contributed by atoms with Gasteiger partial charge in [-0.1, -0.05) is 19.4 Å². The van der Waals surface area contributed by atoms with Crippen molar-refractivity contribution >= 4 is 45.6 Å². The van der Waals surface area contributed by atoms with Gasteiger partial charge in [0.05, 0.1) is 45.3 Å². The molecule has 0 aromatic heterocycles. The molecule has 1 N–H and O–H groups in total. The average Bonchev–Trinajstić information content (AvgIpc) is 3.65. The first-order valence-electron chi connectivity index (χ1n) is 17.9. The molecule has 3 saturated heterocycles. The van der Waals surface area contributed by atoms with Crippen molar-refractivity contribution in [3.8, 4) is 28.7 Å². The number of ketones is 1. The highest BCUT2D eigenvalue weighted by molar-refractivity contribution is 7.93. The summed E-state index contributed by atoms with van der Waals surface area (Å²) in [5.41, 5.74) is -0.0753. The van der Waals surface area contributed by atoms with Crippen molar-refractivity contribution in [1.29, 1.82) is 0 Å². The third-order valence-electron chi connectivity index (χ3n) is 10.1. The van der Waals surface area contributed by atoms with Gasteiger partial charge in [-0.05, 0) is 49.5 Å². The van der Waals surface area contributed by atoms with Gasteiger partial charge in [0, 0.05) is 61.9 Å². The number of hydrogen-bond acceptors (Lipinski definition) is 14. The van der Waals surface area contributed by atoms with Crippen LogP contribution in [0.3, 0.4) is 0 Å². The van der Waals surface area contributed by atoms with Crippen molar-refractivity contribution < 1.29 is 60.9 Å². The maximum absolute atomic E-state index is 13.4. The number of benzene rings is 2. The van der Waals surface area contributed by atoms with Gasteiger partial charge in [0.1, 0.15) is 17.2 Å². The fourth-order valence-electron chi connectivity index (χ4n) is 7.40. The maximum atomic E-state index is 13.4. The number of imide groups is 1. The van der Waals surface area contributed by atoms with E-state index in [1.807, 2.05) is 6.92 Å². The summed E-state index contributed by atoms with van der Waals surface area (Å²) in [6.45, 7) is 2.97. The molecule has 2 aromatic carbocycles. The third kappa shape index (κ3) is 9.21. The lowest BCUT2D eigenvalue weighted by Crippen LogP contribution is -2.60. The number of carbonyl (C=O) groups excluding carboxylic acids is 5. The number of carbonyl (C=O) groups is 5. The predicted octanol–water partition coefficient (Wildman–Crippen LogP) is 4.13. The molecule has 16 nitrogen and oxygen atoms in total. The van der Waals surface area contributed by atoms with E-state index in [0.717, 1.165) is 11.8 Å². The van der Waals surface area contributed by atoms with Gasteiger partial charge in [0.2, 0.25) is 0 Å². The van der Waals surface area contributed by atoms with Crippen LogP contribution in [0.2, 0.25) is 0 Å². The van der Waals surface area contributed by atoms with Gasteiger partial charge in [-0.15, -0.1) is 5.06 Å². The Morgan fingerprint density at radius 2 is 1.55 bits per heavy atom. The number of nitrogens with zero attached hydrogens (tertiary/aromatic N) is 2. The molecular weight excluding hydrogens is 738 g/mol. The van der Waals surface area contributed by atoms with Gasteiger partial charge < -0.3 is 33.8 Å². The average molecular weight is 786 g/mol. The van der Waals surface area contributed by atoms with E-state index in [2.05, 4.69) is 10.2 Å². The van der Waals surface area contributed by atoms with E-state index in [1.54, 1.807) is 18.2 Å². The Morgan fingerprint density at radius 3 is 2.15 bits per heavy atom. The number of ether oxygens (including phenoxy) is 5. The first-order chi connectivity index (χ1) is 26.2. The normalized spacial score (nSPS) is 21.4. The molecule has 3 fully saturated rings. The second-order valence-corrected chi connectivity index (χ2v) is 15.6. The molecule has 55 heavy (non-hydrogen) atoms. The Labute approximate surface area is 319 Å². The van der Waals surface area contributed by atoms with Crippen LogP contribution in [-0.2, 0) is 39.6 Å². The quantitative estimate of drug-likeness (QED) is 0.149. The summed E-state index contributed by atoms with van der Waals surface area (Å²) >= 11 is 0. The highest BCUT2D eigenvalue weighted by Gasteiger charge is 2.73. The third-order valence-corrected chi connectivity index (χ3v) is 11.4. The Hall–Kier alpha value is -5.16. The van der Waals surface area contributed by atoms with E-state index in [0.29, 0.717) is 59.2 Å². The Balaban J connectivity index is 1.11. The smallest absolute Gasteiger partial charge is 0.412 e. The molecule has 5 rings (SSSR count). The number of sulfone groups is 1. The van der Waals surface area contributed by atoms with Gasteiger partial charge >= 0.3 is 12.1 Å². The lowest BCUT2D eigenvalue weighted by Gasteiger charge is -2.47. The fourth-order valence-corrected chi connectivity index (χ4v) is 8.48. The highest BCUT2D eigenvalue weighted by atomic mass is 32.2. The van der Waals surface area contributed by atoms with Gasteiger partial charge in [0.25, 0.3) is 11.8 Å². The lowest BCUT2D eigenvalue weighted by atomic mass is 9.71. The van der Waals surface area contributed by atoms with Gasteiger partial charge in [0.15, 0.2) is 27.1 Å². The van der Waals surface area contributed by atoms with E-state index in [-0.39, 0.29) is 61.5 Å². The molecule has 0 aliphatic carbocycles. The summed E-state index contributed by atoms with van der Waals surface area (Å²) in [6.07, 6.45) is 3.59. The number of fused-ring (bicyclic) bond motifs is 1. The molecule has 3 aliphatic heterocycles. The number of hydrogen-bond donors (Lipinski definition) is 1. The summed E-state index contributed by atoms with van der Waals surface area (Å²) in [6, 6.07) is 7.74. The predicted molar refractivity (Wildman–Crippen MR) is 197 cm³/mol. The van der Waals surface area contributed by atoms with Crippen molar-refractivity contribution in [3.63, 3.8) is 0 Å². The molecule has 0 saturated carbocycles. The SMILES string of the molecule is CCC[C@]1(C(=O)CCCC(=O)ON2C(=O)CCC2=O)CC2(CCNC(=O)Oc3cc(CS(=O)(=O)/C=C/c4c(OC)cc(OC)cc4OC)ccc3OC)CN21. The van der Waals surface area contributed by atoms with E-state index < -0.39 is 45.0 Å². The maximum Gasteiger partial charge on any atom is 0.412 e. The largest absolute Gasteiger partial charge is 0.496 e. The summed E-state index contributed by atoms with van der Waals surface area (Å²) < 4.78 is 53.2. The molecule has 2 aromatic rings. The van der Waals surface area contributed by atoms with Crippen molar-refractivity contribution in [2.75, 3.05) is 41.5 Å². The van der Waals surface area contributed by atoms with E-state index in [9.17, 15) is 32.4 Å². The highest BCUT2D eigenvalue weighted by Crippen LogP contribution is 2.61. The number of Topliss-reactive ketones (excluding diaryl/α,β-unsaturated/α-hetero) is 1. The van der Waals surface area contributed by atoms with Crippen molar-refractivity contribution in [2.24, 2.45) is 0 Å². The van der Waals surface area contributed by atoms with Crippen molar-refractivity contribution in [2.45, 2.75) is 81.5 Å². The van der Waals surface area contributed by atoms with E-state index >= 15 is 0 Å². The number of methoxy groups -OCH3 is 4. The zero-order chi connectivity index (χ0) is 40.0. The molecule has 0 radical (unpaired) electrons. The molecule has 17 heteroatoms. The fraction of sp³-hybridized carbons (Fsp3) is 0.500. The Kier molecular flexibility index (Phi) is 12.8. The molecule has 3 amide bonds. The van der Waals surface area contributed by atoms with Gasteiger partial charge in [-0.2, -0.15) is 0 Å². The van der Waals surface area contributed by atoms with Crippen LogP contribution in [0, 0.1) is 0 Å². The molecular formula is C38H47N3O13S. The van der Waals surface area contributed by atoms with Crippen LogP contribution < -0.4 is 29.0 Å².